The number of ether oxygens (including phenoxy) is 1. The van der Waals surface area contributed by atoms with E-state index in [2.05, 4.69) is 10.6 Å². The van der Waals surface area contributed by atoms with E-state index in [0.29, 0.717) is 23.4 Å². The summed E-state index contributed by atoms with van der Waals surface area (Å²) in [7, 11) is 0. The summed E-state index contributed by atoms with van der Waals surface area (Å²) in [6.45, 7) is 5.28. The molecule has 1 aliphatic heterocycles. The average Bonchev–Trinajstić information content (AvgIpc) is 3.48. The van der Waals surface area contributed by atoms with Crippen molar-refractivity contribution in [1.29, 1.82) is 0 Å². The highest BCUT2D eigenvalue weighted by Gasteiger charge is 2.55. The lowest BCUT2D eigenvalue weighted by Crippen LogP contribution is -2.43. The number of amides is 4. The third-order valence-electron chi connectivity index (χ3n) is 6.88. The first kappa shape index (κ1) is 24.7. The molecule has 190 valence electrons. The van der Waals surface area contributed by atoms with E-state index in [0.717, 1.165) is 32.0 Å². The monoisotopic (exact) mass is 517 g/mol. The van der Waals surface area contributed by atoms with E-state index in [1.165, 1.54) is 11.3 Å². The van der Waals surface area contributed by atoms with Crippen LogP contribution >= 0.6 is 11.3 Å². The minimum absolute atomic E-state index is 0.181. The summed E-state index contributed by atoms with van der Waals surface area (Å²) in [6, 6.07) is 14.7. The second-order valence-corrected chi connectivity index (χ2v) is 10.5. The molecule has 4 amide bonds. The van der Waals surface area contributed by atoms with E-state index >= 15 is 0 Å². The van der Waals surface area contributed by atoms with Crippen LogP contribution in [-0.4, -0.2) is 41.9 Å². The molecule has 2 heterocycles. The van der Waals surface area contributed by atoms with Crippen molar-refractivity contribution < 1.29 is 23.9 Å². The van der Waals surface area contributed by atoms with Gasteiger partial charge in [-0.1, -0.05) is 54.1 Å². The molecule has 37 heavy (non-hydrogen) atoms. The van der Waals surface area contributed by atoms with Gasteiger partial charge in [0.05, 0.1) is 6.61 Å². The number of fused-ring (bicyclic) bond motifs is 2. The van der Waals surface area contributed by atoms with E-state index < -0.39 is 35.9 Å². The molecule has 0 bridgehead atoms. The van der Waals surface area contributed by atoms with Gasteiger partial charge < -0.3 is 15.4 Å². The van der Waals surface area contributed by atoms with Crippen molar-refractivity contribution in [3.63, 3.8) is 0 Å². The first-order valence-corrected chi connectivity index (χ1v) is 13.0. The predicted molar refractivity (Wildman–Crippen MR) is 141 cm³/mol. The summed E-state index contributed by atoms with van der Waals surface area (Å²) in [5.41, 5.74) is 3.52. The van der Waals surface area contributed by atoms with Crippen LogP contribution in [0.4, 0.5) is 9.80 Å². The molecule has 2 N–H and O–H groups in total. The predicted octanol–water partition coefficient (Wildman–Crippen LogP) is 4.54. The highest BCUT2D eigenvalue weighted by Crippen LogP contribution is 2.42. The van der Waals surface area contributed by atoms with Crippen LogP contribution in [0, 0.1) is 13.8 Å². The minimum Gasteiger partial charge on any atom is -0.462 e. The summed E-state index contributed by atoms with van der Waals surface area (Å²) in [6.07, 6.45) is 1.12. The maximum atomic E-state index is 13.4. The van der Waals surface area contributed by atoms with Gasteiger partial charge in [0.25, 0.3) is 5.91 Å². The van der Waals surface area contributed by atoms with E-state index in [-0.39, 0.29) is 12.2 Å². The Morgan fingerprint density at radius 3 is 2.57 bits per heavy atom. The van der Waals surface area contributed by atoms with Gasteiger partial charge in [-0.15, -0.1) is 11.3 Å². The quantitative estimate of drug-likeness (QED) is 0.369. The molecule has 1 atom stereocenters. The largest absolute Gasteiger partial charge is 0.462 e. The van der Waals surface area contributed by atoms with Crippen molar-refractivity contribution in [2.75, 3.05) is 18.5 Å². The molecule has 9 heteroatoms. The molecule has 0 unspecified atom stereocenters. The van der Waals surface area contributed by atoms with Gasteiger partial charge in [0.2, 0.25) is 5.91 Å². The Labute approximate surface area is 218 Å². The van der Waals surface area contributed by atoms with Crippen LogP contribution in [0.5, 0.6) is 0 Å². The molecule has 2 aliphatic rings. The van der Waals surface area contributed by atoms with Crippen molar-refractivity contribution in [2.45, 2.75) is 39.2 Å². The Morgan fingerprint density at radius 1 is 1.11 bits per heavy atom. The molecule has 0 saturated carbocycles. The van der Waals surface area contributed by atoms with Crippen molar-refractivity contribution in [3.8, 4) is 11.1 Å². The number of benzene rings is 2. The number of carbonyl (C=O) groups excluding carboxylic acids is 4. The second kappa shape index (κ2) is 9.48. The molecule has 0 radical (unpaired) electrons. The molecule has 1 spiro atoms. The molecule has 1 aliphatic carbocycles. The van der Waals surface area contributed by atoms with Crippen LogP contribution in [-0.2, 0) is 26.3 Å². The number of carbonyl (C=O) groups is 4. The third kappa shape index (κ3) is 4.19. The number of thiophene rings is 1. The average molecular weight is 518 g/mol. The molecule has 1 saturated heterocycles. The topological polar surface area (TPSA) is 105 Å². The van der Waals surface area contributed by atoms with Crippen molar-refractivity contribution in [2.24, 2.45) is 0 Å². The van der Waals surface area contributed by atoms with E-state index in [1.807, 2.05) is 62.4 Å². The number of urea groups is 1. The van der Waals surface area contributed by atoms with E-state index in [1.54, 1.807) is 6.92 Å². The molecular formula is C28H27N3O5S. The molecule has 1 aromatic heterocycles. The summed E-state index contributed by atoms with van der Waals surface area (Å²) >= 11 is 1.25. The highest BCUT2D eigenvalue weighted by atomic mass is 32.1. The van der Waals surface area contributed by atoms with Crippen molar-refractivity contribution in [1.82, 2.24) is 10.2 Å². The maximum absolute atomic E-state index is 13.4. The number of anilines is 1. The Bertz CT molecular complexity index is 1430. The summed E-state index contributed by atoms with van der Waals surface area (Å²) < 4.78 is 5.30. The number of hydrogen-bond donors (Lipinski definition) is 2. The second-order valence-electron chi connectivity index (χ2n) is 9.26. The molecule has 1 fully saturated rings. The molecular weight excluding hydrogens is 490 g/mol. The zero-order chi connectivity index (χ0) is 26.3. The number of rotatable bonds is 6. The lowest BCUT2D eigenvalue weighted by Gasteiger charge is -2.22. The summed E-state index contributed by atoms with van der Waals surface area (Å²) in [4.78, 5) is 54.1. The fourth-order valence-electron chi connectivity index (χ4n) is 5.14. The number of nitrogens with zero attached hydrogens (tertiary/aromatic N) is 1. The van der Waals surface area contributed by atoms with Crippen LogP contribution in [0.1, 0.15) is 45.3 Å². The van der Waals surface area contributed by atoms with Gasteiger partial charge in [0.1, 0.15) is 22.6 Å². The number of imide groups is 1. The zero-order valence-corrected chi connectivity index (χ0v) is 21.7. The van der Waals surface area contributed by atoms with Gasteiger partial charge >= 0.3 is 12.0 Å². The number of hydrogen-bond acceptors (Lipinski definition) is 6. The molecule has 3 aromatic rings. The fourth-order valence-corrected chi connectivity index (χ4v) is 6.22. The number of nitrogens with one attached hydrogen (secondary N) is 2. The summed E-state index contributed by atoms with van der Waals surface area (Å²) in [5.74, 6) is -1.56. The van der Waals surface area contributed by atoms with Crippen LogP contribution in [0.15, 0.2) is 48.5 Å². The summed E-state index contributed by atoms with van der Waals surface area (Å²) in [5, 5.41) is 5.91. The van der Waals surface area contributed by atoms with E-state index in [4.69, 9.17) is 4.74 Å². The Morgan fingerprint density at radius 2 is 1.84 bits per heavy atom. The van der Waals surface area contributed by atoms with Crippen molar-refractivity contribution >= 4 is 40.2 Å². The van der Waals surface area contributed by atoms with Crippen molar-refractivity contribution in [3.05, 3.63) is 75.7 Å². The van der Waals surface area contributed by atoms with Gasteiger partial charge in [-0.05, 0) is 50.3 Å². The zero-order valence-electron chi connectivity index (χ0n) is 20.8. The highest BCUT2D eigenvalue weighted by molar-refractivity contribution is 7.17. The number of aryl methyl sites for hydroxylation is 3. The Hall–Kier alpha value is -3.98. The van der Waals surface area contributed by atoms with Gasteiger partial charge in [-0.3, -0.25) is 14.5 Å². The molecule has 2 aromatic carbocycles. The third-order valence-corrected chi connectivity index (χ3v) is 7.90. The first-order valence-electron chi connectivity index (χ1n) is 12.1. The van der Waals surface area contributed by atoms with Crippen LogP contribution in [0.3, 0.4) is 0 Å². The van der Waals surface area contributed by atoms with Crippen LogP contribution < -0.4 is 10.6 Å². The fraction of sp³-hybridized carbons (Fsp3) is 0.286. The smallest absolute Gasteiger partial charge is 0.341 e. The Kier molecular flexibility index (Phi) is 6.33. The molecule has 8 nitrogen and oxygen atoms in total. The van der Waals surface area contributed by atoms with Gasteiger partial charge in [0, 0.05) is 10.4 Å². The number of esters is 1. The lowest BCUT2D eigenvalue weighted by molar-refractivity contribution is -0.134. The Balaban J connectivity index is 1.41. The normalized spacial score (nSPS) is 18.2. The van der Waals surface area contributed by atoms with Crippen LogP contribution in [0.25, 0.3) is 11.1 Å². The van der Waals surface area contributed by atoms with Gasteiger partial charge in [-0.2, -0.15) is 0 Å². The lowest BCUT2D eigenvalue weighted by atomic mass is 9.92. The molecule has 5 rings (SSSR count). The standard InChI is InChI=1S/C28H27N3O5S/c1-4-36-25(33)23-22(19-11-9-16(2)10-12-19)17(3)37-24(23)29-21(32)15-31-26(34)28(30-27(31)35)14-13-18-7-5-6-8-20(18)28/h5-12H,4,13-15H2,1-3H3,(H,29,32)(H,30,35)/t28-/m1/s1. The van der Waals surface area contributed by atoms with Gasteiger partial charge in [0.15, 0.2) is 0 Å². The first-order chi connectivity index (χ1) is 17.7. The maximum Gasteiger partial charge on any atom is 0.341 e. The SMILES string of the molecule is CCOC(=O)c1c(NC(=O)CN2C(=O)N[C@@]3(CCc4ccccc43)C2=O)sc(C)c1-c1ccc(C)cc1. The van der Waals surface area contributed by atoms with E-state index in [9.17, 15) is 19.2 Å². The minimum atomic E-state index is -1.14. The van der Waals surface area contributed by atoms with Crippen LogP contribution in [0.2, 0.25) is 0 Å². The van der Waals surface area contributed by atoms with Gasteiger partial charge in [-0.25, -0.2) is 9.59 Å².